The van der Waals surface area contributed by atoms with Crippen molar-refractivity contribution >= 4 is 31.5 Å². The smallest absolute Gasteiger partial charge is 0.337 e. The van der Waals surface area contributed by atoms with Crippen LogP contribution in [0.15, 0.2) is 42.5 Å². The molecule has 0 bridgehead atoms. The molecule has 1 fully saturated rings. The first-order valence-electron chi connectivity index (χ1n) is 10.4. The fourth-order valence-corrected chi connectivity index (χ4v) is 5.92. The monoisotopic (exact) mass is 498 g/mol. The molecule has 33 heavy (non-hydrogen) atoms. The van der Waals surface area contributed by atoms with Gasteiger partial charge in [-0.25, -0.2) is 26.0 Å². The number of carbonyl (C=O) groups is 1. The fourth-order valence-electron chi connectivity index (χ4n) is 3.56. The van der Waals surface area contributed by atoms with Crippen LogP contribution < -0.4 is 4.31 Å². The number of nitrogens with zero attached hydrogens (tertiary/aromatic N) is 2. The number of methoxy groups -OCH3 is 1. The van der Waals surface area contributed by atoms with Crippen molar-refractivity contribution in [2.24, 2.45) is 0 Å². The number of benzene rings is 2. The summed E-state index contributed by atoms with van der Waals surface area (Å²) in [6.45, 7) is 2.58. The van der Waals surface area contributed by atoms with Crippen LogP contribution in [0.4, 0.5) is 10.1 Å². The normalized spacial score (nSPS) is 16.3. The van der Waals surface area contributed by atoms with E-state index in [1.165, 1.54) is 26.2 Å². The second-order valence-corrected chi connectivity index (χ2v) is 12.3. The summed E-state index contributed by atoms with van der Waals surface area (Å²) < 4.78 is 69.5. The molecule has 2 aromatic rings. The van der Waals surface area contributed by atoms with Crippen LogP contribution in [0.1, 0.15) is 28.4 Å². The Kier molecular flexibility index (Phi) is 7.76. The number of rotatable bonds is 8. The maximum atomic E-state index is 14.7. The van der Waals surface area contributed by atoms with Crippen molar-refractivity contribution in [1.82, 2.24) is 4.90 Å². The second kappa shape index (κ2) is 10.2. The van der Waals surface area contributed by atoms with E-state index in [2.05, 4.69) is 4.74 Å². The second-order valence-electron chi connectivity index (χ2n) is 7.80. The Morgan fingerprint density at radius 3 is 2.45 bits per heavy atom. The number of carbonyl (C=O) groups excluding carboxylic acids is 1. The molecule has 0 radical (unpaired) electrons. The van der Waals surface area contributed by atoms with Gasteiger partial charge in [-0.2, -0.15) is 0 Å². The number of hydrogen-bond acceptors (Lipinski definition) is 7. The zero-order chi connectivity index (χ0) is 24.2. The Labute approximate surface area is 193 Å². The van der Waals surface area contributed by atoms with Crippen molar-refractivity contribution in [1.29, 1.82) is 0 Å². The molecule has 2 aromatic carbocycles. The van der Waals surface area contributed by atoms with Gasteiger partial charge >= 0.3 is 5.97 Å². The number of sulfone groups is 1. The highest BCUT2D eigenvalue weighted by atomic mass is 32.2. The summed E-state index contributed by atoms with van der Waals surface area (Å²) in [6, 6.07) is 10.7. The van der Waals surface area contributed by atoms with Crippen LogP contribution >= 0.6 is 0 Å². The van der Waals surface area contributed by atoms with Crippen molar-refractivity contribution in [2.75, 3.05) is 41.8 Å². The van der Waals surface area contributed by atoms with Gasteiger partial charge in [-0.3, -0.25) is 9.21 Å². The third-order valence-corrected chi connectivity index (χ3v) is 8.88. The highest BCUT2D eigenvalue weighted by Gasteiger charge is 2.25. The van der Waals surface area contributed by atoms with E-state index >= 15 is 0 Å². The summed E-state index contributed by atoms with van der Waals surface area (Å²) >= 11 is 0. The van der Waals surface area contributed by atoms with E-state index in [4.69, 9.17) is 0 Å². The minimum atomic E-state index is -3.74. The Hall–Kier alpha value is -2.50. The number of esters is 1. The van der Waals surface area contributed by atoms with Crippen molar-refractivity contribution in [3.8, 4) is 0 Å². The highest BCUT2D eigenvalue weighted by molar-refractivity contribution is 7.92. The van der Waals surface area contributed by atoms with Crippen molar-refractivity contribution in [3.05, 3.63) is 65.0 Å². The molecule has 8 nitrogen and oxygen atoms in total. The van der Waals surface area contributed by atoms with Crippen LogP contribution in [0.2, 0.25) is 0 Å². The van der Waals surface area contributed by atoms with Gasteiger partial charge in [0.05, 0.1) is 42.2 Å². The first-order chi connectivity index (χ1) is 15.5. The Balaban J connectivity index is 1.86. The summed E-state index contributed by atoms with van der Waals surface area (Å²) in [7, 11) is -5.54. The lowest BCUT2D eigenvalue weighted by Crippen LogP contribution is -2.39. The lowest BCUT2D eigenvalue weighted by Gasteiger charge is -2.28. The highest BCUT2D eigenvalue weighted by Crippen LogP contribution is 2.25. The minimum absolute atomic E-state index is 0.0363. The van der Waals surface area contributed by atoms with Gasteiger partial charge in [0, 0.05) is 25.2 Å². The van der Waals surface area contributed by atoms with E-state index in [-0.39, 0.29) is 34.9 Å². The van der Waals surface area contributed by atoms with Gasteiger partial charge in [0.25, 0.3) is 0 Å². The largest absolute Gasteiger partial charge is 0.465 e. The zero-order valence-corrected chi connectivity index (χ0v) is 20.2. The van der Waals surface area contributed by atoms with Gasteiger partial charge in [-0.05, 0) is 36.8 Å². The molecular weight excluding hydrogens is 471 g/mol. The minimum Gasteiger partial charge on any atom is -0.465 e. The quantitative estimate of drug-likeness (QED) is 0.514. The molecule has 0 spiro atoms. The van der Waals surface area contributed by atoms with Gasteiger partial charge in [0.2, 0.25) is 10.0 Å². The molecule has 0 saturated carbocycles. The zero-order valence-electron chi connectivity index (χ0n) is 18.5. The molecule has 0 amide bonds. The van der Waals surface area contributed by atoms with Crippen LogP contribution in [-0.2, 0) is 37.7 Å². The summed E-state index contributed by atoms with van der Waals surface area (Å²) in [5.74, 6) is -1.37. The Morgan fingerprint density at radius 1 is 1.15 bits per heavy atom. The van der Waals surface area contributed by atoms with Crippen LogP contribution in [0.5, 0.6) is 0 Å². The van der Waals surface area contributed by atoms with Crippen LogP contribution in [0.3, 0.4) is 0 Å². The number of sulfonamides is 1. The summed E-state index contributed by atoms with van der Waals surface area (Å²) in [5.41, 5.74) is 1.36. The number of halogens is 1. The molecule has 0 aromatic heterocycles. The van der Waals surface area contributed by atoms with E-state index in [1.807, 2.05) is 11.0 Å². The molecule has 1 aliphatic rings. The van der Waals surface area contributed by atoms with Crippen LogP contribution in [0.25, 0.3) is 0 Å². The van der Waals surface area contributed by atoms with E-state index < -0.39 is 31.6 Å². The van der Waals surface area contributed by atoms with E-state index in [9.17, 15) is 26.0 Å². The van der Waals surface area contributed by atoms with E-state index in [0.717, 1.165) is 15.9 Å². The lowest BCUT2D eigenvalue weighted by atomic mass is 10.1. The molecule has 0 aliphatic carbocycles. The Bertz CT molecular complexity index is 1220. The maximum absolute atomic E-state index is 14.7. The van der Waals surface area contributed by atoms with Gasteiger partial charge in [-0.1, -0.05) is 18.2 Å². The molecule has 1 heterocycles. The molecule has 11 heteroatoms. The third kappa shape index (κ3) is 6.30. The molecule has 1 aliphatic heterocycles. The van der Waals surface area contributed by atoms with Gasteiger partial charge in [-0.15, -0.1) is 0 Å². The average molecular weight is 499 g/mol. The van der Waals surface area contributed by atoms with Crippen LogP contribution in [0, 0.1) is 5.82 Å². The molecule has 180 valence electrons. The molecule has 0 unspecified atom stereocenters. The molecule has 3 rings (SSSR count). The topological polar surface area (TPSA) is 101 Å². The predicted molar refractivity (Wildman–Crippen MR) is 124 cm³/mol. The third-order valence-electron chi connectivity index (χ3n) is 5.53. The van der Waals surface area contributed by atoms with Crippen molar-refractivity contribution in [3.63, 3.8) is 0 Å². The van der Waals surface area contributed by atoms with E-state index in [1.54, 1.807) is 18.2 Å². The molecule has 0 atom stereocenters. The molecular formula is C22H27FN2O6S2. The first-order valence-corrected chi connectivity index (χ1v) is 13.9. The van der Waals surface area contributed by atoms with Gasteiger partial charge in [0.1, 0.15) is 5.82 Å². The van der Waals surface area contributed by atoms with Crippen molar-refractivity contribution < 1.29 is 30.8 Å². The summed E-state index contributed by atoms with van der Waals surface area (Å²) in [6.07, 6.45) is 0. The van der Waals surface area contributed by atoms with Gasteiger partial charge < -0.3 is 4.74 Å². The summed E-state index contributed by atoms with van der Waals surface area (Å²) in [4.78, 5) is 13.6. The van der Waals surface area contributed by atoms with Crippen LogP contribution in [-0.4, -0.2) is 65.2 Å². The Morgan fingerprint density at radius 2 is 1.85 bits per heavy atom. The van der Waals surface area contributed by atoms with E-state index in [0.29, 0.717) is 25.3 Å². The standard InChI is InChI=1S/C22H27FN2O6S2/c1-3-33(29,30)25(16-19-8-7-18(14-21(19)23)22(26)31-2)20-6-4-5-17(13-20)15-24-9-11-32(27,28)12-10-24/h4-8,13-14H,3,9-12,15-16H2,1-2H3. The van der Waals surface area contributed by atoms with Gasteiger partial charge in [0.15, 0.2) is 9.84 Å². The predicted octanol–water partition coefficient (Wildman–Crippen LogP) is 2.20. The number of ether oxygens (including phenoxy) is 1. The number of anilines is 1. The molecule has 1 saturated heterocycles. The number of hydrogen-bond donors (Lipinski definition) is 0. The van der Waals surface area contributed by atoms with Crippen molar-refractivity contribution in [2.45, 2.75) is 20.0 Å². The first kappa shape index (κ1) is 25.1. The molecule has 0 N–H and O–H groups in total. The summed E-state index contributed by atoms with van der Waals surface area (Å²) in [5, 5.41) is 0. The maximum Gasteiger partial charge on any atom is 0.337 e. The average Bonchev–Trinajstić information content (AvgIpc) is 2.79. The SMILES string of the molecule is CCS(=O)(=O)N(Cc1ccc(C(=O)OC)cc1F)c1cccc(CN2CCS(=O)(=O)CC2)c1. The lowest BCUT2D eigenvalue weighted by molar-refractivity contribution is 0.0600. The fraction of sp³-hybridized carbons (Fsp3) is 0.409.